The number of hydrogen-bond donors (Lipinski definition) is 2. The van der Waals surface area contributed by atoms with Crippen molar-refractivity contribution in [2.45, 2.75) is 25.3 Å². The molecule has 27 heavy (non-hydrogen) atoms. The smallest absolute Gasteiger partial charge is 0.321 e. The molecule has 3 amide bonds. The number of piperidine rings is 1. The molecule has 1 aliphatic heterocycles. The zero-order valence-corrected chi connectivity index (χ0v) is 15.3. The molecule has 0 atom stereocenters. The first-order chi connectivity index (χ1) is 13.2. The van der Waals surface area contributed by atoms with Crippen LogP contribution in [0.5, 0.6) is 5.75 Å². The van der Waals surface area contributed by atoms with Gasteiger partial charge in [-0.3, -0.25) is 4.79 Å². The number of ether oxygens (including phenoxy) is 1. The monoisotopic (exact) mass is 367 g/mol. The Morgan fingerprint density at radius 3 is 2.26 bits per heavy atom. The van der Waals surface area contributed by atoms with Crippen molar-refractivity contribution in [1.82, 2.24) is 10.2 Å². The van der Waals surface area contributed by atoms with E-state index in [1.165, 1.54) is 0 Å². The fraction of sp³-hybridized carbons (Fsp3) is 0.333. The first-order valence-electron chi connectivity index (χ1n) is 9.29. The Morgan fingerprint density at radius 2 is 1.59 bits per heavy atom. The van der Waals surface area contributed by atoms with Crippen molar-refractivity contribution < 1.29 is 14.3 Å². The van der Waals surface area contributed by atoms with E-state index in [9.17, 15) is 9.59 Å². The Balaban J connectivity index is 1.34. The standard InChI is InChI=1S/C21H25N3O3/c25-20(13-16-27-19-9-5-2-6-10-19)22-18-11-14-24(15-12-18)21(26)23-17-7-3-1-4-8-17/h1-10,18H,11-16H2,(H,22,25)(H,23,26). The van der Waals surface area contributed by atoms with Crippen molar-refractivity contribution in [2.75, 3.05) is 25.0 Å². The van der Waals surface area contributed by atoms with Crippen molar-refractivity contribution in [3.8, 4) is 5.75 Å². The van der Waals surface area contributed by atoms with Crippen LogP contribution in [0.3, 0.4) is 0 Å². The zero-order chi connectivity index (χ0) is 18.9. The summed E-state index contributed by atoms with van der Waals surface area (Å²) in [5, 5.41) is 5.93. The molecule has 1 fully saturated rings. The number of amides is 3. The Hall–Kier alpha value is -3.02. The SMILES string of the molecule is O=C(CCOc1ccccc1)NC1CCN(C(=O)Nc2ccccc2)CC1. The molecule has 6 heteroatoms. The van der Waals surface area contributed by atoms with Crippen molar-refractivity contribution in [3.05, 3.63) is 60.7 Å². The van der Waals surface area contributed by atoms with Gasteiger partial charge in [-0.1, -0.05) is 36.4 Å². The topological polar surface area (TPSA) is 70.7 Å². The molecule has 1 heterocycles. The number of rotatable bonds is 6. The number of hydrogen-bond acceptors (Lipinski definition) is 3. The molecule has 2 aromatic rings. The van der Waals surface area contributed by atoms with Gasteiger partial charge in [0.2, 0.25) is 5.91 Å². The number of benzene rings is 2. The van der Waals surface area contributed by atoms with E-state index < -0.39 is 0 Å². The molecule has 3 rings (SSSR count). The zero-order valence-electron chi connectivity index (χ0n) is 15.3. The second-order valence-electron chi connectivity index (χ2n) is 6.54. The maximum Gasteiger partial charge on any atom is 0.321 e. The lowest BCUT2D eigenvalue weighted by atomic mass is 10.1. The van der Waals surface area contributed by atoms with Crippen LogP contribution in [0.2, 0.25) is 0 Å². The van der Waals surface area contributed by atoms with Crippen LogP contribution in [0.1, 0.15) is 19.3 Å². The van der Waals surface area contributed by atoms with Gasteiger partial charge in [-0.2, -0.15) is 0 Å². The fourth-order valence-electron chi connectivity index (χ4n) is 3.03. The second kappa shape index (κ2) is 9.62. The molecule has 0 saturated carbocycles. The van der Waals surface area contributed by atoms with E-state index in [1.54, 1.807) is 4.90 Å². The van der Waals surface area contributed by atoms with Crippen molar-refractivity contribution in [1.29, 1.82) is 0 Å². The van der Waals surface area contributed by atoms with Gasteiger partial charge < -0.3 is 20.3 Å². The summed E-state index contributed by atoms with van der Waals surface area (Å²) in [7, 11) is 0. The molecule has 6 nitrogen and oxygen atoms in total. The van der Waals surface area contributed by atoms with Crippen LogP contribution in [0.4, 0.5) is 10.5 Å². The summed E-state index contributed by atoms with van der Waals surface area (Å²) >= 11 is 0. The van der Waals surface area contributed by atoms with E-state index in [1.807, 2.05) is 60.7 Å². The lowest BCUT2D eigenvalue weighted by molar-refractivity contribution is -0.122. The Labute approximate surface area is 159 Å². The van der Waals surface area contributed by atoms with Gasteiger partial charge in [0.25, 0.3) is 0 Å². The van der Waals surface area contributed by atoms with Crippen LogP contribution >= 0.6 is 0 Å². The minimum Gasteiger partial charge on any atom is -0.493 e. The quantitative estimate of drug-likeness (QED) is 0.823. The predicted octanol–water partition coefficient (Wildman–Crippen LogP) is 3.27. The van der Waals surface area contributed by atoms with Gasteiger partial charge in [0, 0.05) is 24.8 Å². The third-order valence-corrected chi connectivity index (χ3v) is 4.51. The van der Waals surface area contributed by atoms with Gasteiger partial charge in [-0.15, -0.1) is 0 Å². The van der Waals surface area contributed by atoms with Crippen molar-refractivity contribution >= 4 is 17.6 Å². The Kier molecular flexibility index (Phi) is 6.68. The molecule has 1 saturated heterocycles. The largest absolute Gasteiger partial charge is 0.493 e. The molecule has 0 unspecified atom stereocenters. The Morgan fingerprint density at radius 1 is 0.963 bits per heavy atom. The second-order valence-corrected chi connectivity index (χ2v) is 6.54. The van der Waals surface area contributed by atoms with E-state index in [0.29, 0.717) is 26.1 Å². The number of carbonyl (C=O) groups excluding carboxylic acids is 2. The summed E-state index contributed by atoms with van der Waals surface area (Å²) in [5.41, 5.74) is 0.788. The summed E-state index contributed by atoms with van der Waals surface area (Å²) in [6.45, 7) is 1.61. The molecule has 0 aliphatic carbocycles. The van der Waals surface area contributed by atoms with Crippen LogP contribution in [0, 0.1) is 0 Å². The van der Waals surface area contributed by atoms with E-state index in [0.717, 1.165) is 24.3 Å². The first kappa shape index (κ1) is 18.8. The maximum atomic E-state index is 12.3. The number of nitrogens with zero attached hydrogens (tertiary/aromatic N) is 1. The summed E-state index contributed by atoms with van der Waals surface area (Å²) in [6.07, 6.45) is 1.84. The highest BCUT2D eigenvalue weighted by atomic mass is 16.5. The molecular formula is C21H25N3O3. The van der Waals surface area contributed by atoms with Gasteiger partial charge in [0.15, 0.2) is 0 Å². The molecule has 142 valence electrons. The van der Waals surface area contributed by atoms with E-state index >= 15 is 0 Å². The first-order valence-corrected chi connectivity index (χ1v) is 9.29. The number of nitrogens with one attached hydrogen (secondary N) is 2. The average molecular weight is 367 g/mol. The highest BCUT2D eigenvalue weighted by Gasteiger charge is 2.23. The van der Waals surface area contributed by atoms with E-state index in [-0.39, 0.29) is 18.0 Å². The number of likely N-dealkylation sites (tertiary alicyclic amines) is 1. The molecule has 0 radical (unpaired) electrons. The molecular weight excluding hydrogens is 342 g/mol. The number of carbonyl (C=O) groups is 2. The molecule has 2 aromatic carbocycles. The molecule has 1 aliphatic rings. The van der Waals surface area contributed by atoms with Gasteiger partial charge >= 0.3 is 6.03 Å². The van der Waals surface area contributed by atoms with Gasteiger partial charge in [-0.05, 0) is 37.1 Å². The van der Waals surface area contributed by atoms with Crippen LogP contribution in [0.25, 0.3) is 0 Å². The molecule has 2 N–H and O–H groups in total. The third kappa shape index (κ3) is 6.02. The lowest BCUT2D eigenvalue weighted by Gasteiger charge is -2.32. The fourth-order valence-corrected chi connectivity index (χ4v) is 3.03. The highest BCUT2D eigenvalue weighted by molar-refractivity contribution is 5.89. The van der Waals surface area contributed by atoms with Gasteiger partial charge in [-0.25, -0.2) is 4.79 Å². The van der Waals surface area contributed by atoms with Crippen LogP contribution in [-0.2, 0) is 4.79 Å². The molecule has 0 bridgehead atoms. The number of para-hydroxylation sites is 2. The van der Waals surface area contributed by atoms with E-state index in [4.69, 9.17) is 4.74 Å². The summed E-state index contributed by atoms with van der Waals surface area (Å²) < 4.78 is 5.55. The highest BCUT2D eigenvalue weighted by Crippen LogP contribution is 2.14. The van der Waals surface area contributed by atoms with E-state index in [2.05, 4.69) is 10.6 Å². The van der Waals surface area contributed by atoms with Gasteiger partial charge in [0.1, 0.15) is 5.75 Å². The normalized spacial score (nSPS) is 14.4. The Bertz CT molecular complexity index is 729. The lowest BCUT2D eigenvalue weighted by Crippen LogP contribution is -2.47. The molecule has 0 spiro atoms. The average Bonchev–Trinajstić information content (AvgIpc) is 2.70. The van der Waals surface area contributed by atoms with Crippen LogP contribution in [-0.4, -0.2) is 42.6 Å². The van der Waals surface area contributed by atoms with Gasteiger partial charge in [0.05, 0.1) is 13.0 Å². The summed E-state index contributed by atoms with van der Waals surface area (Å²) in [4.78, 5) is 26.1. The predicted molar refractivity (Wildman–Crippen MR) is 105 cm³/mol. The summed E-state index contributed by atoms with van der Waals surface area (Å²) in [6, 6.07) is 18.9. The molecule has 0 aromatic heterocycles. The number of urea groups is 1. The van der Waals surface area contributed by atoms with Crippen LogP contribution in [0.15, 0.2) is 60.7 Å². The minimum atomic E-state index is -0.0952. The maximum absolute atomic E-state index is 12.3. The van der Waals surface area contributed by atoms with Crippen LogP contribution < -0.4 is 15.4 Å². The van der Waals surface area contributed by atoms with Crippen molar-refractivity contribution in [3.63, 3.8) is 0 Å². The third-order valence-electron chi connectivity index (χ3n) is 4.51. The minimum absolute atomic E-state index is 0.0156. The number of anilines is 1. The van der Waals surface area contributed by atoms with Crippen molar-refractivity contribution in [2.24, 2.45) is 0 Å². The summed E-state index contributed by atoms with van der Waals surface area (Å²) in [5.74, 6) is 0.751.